The van der Waals surface area contributed by atoms with Gasteiger partial charge in [-0.15, -0.1) is 0 Å². The SMILES string of the molecule is CCn1ccnc1CN(C)CCC(=O)Nc1cccnc1. The van der Waals surface area contributed by atoms with E-state index in [9.17, 15) is 4.79 Å². The van der Waals surface area contributed by atoms with Crippen LogP contribution in [0.2, 0.25) is 0 Å². The van der Waals surface area contributed by atoms with Crippen molar-refractivity contribution in [2.24, 2.45) is 0 Å². The summed E-state index contributed by atoms with van der Waals surface area (Å²) in [5.74, 6) is 1.02. The molecule has 0 spiro atoms. The normalized spacial score (nSPS) is 10.8. The molecule has 2 aromatic rings. The second kappa shape index (κ2) is 7.54. The van der Waals surface area contributed by atoms with Gasteiger partial charge in [0, 0.05) is 38.1 Å². The van der Waals surface area contributed by atoms with E-state index in [1.807, 2.05) is 25.5 Å². The van der Waals surface area contributed by atoms with E-state index in [4.69, 9.17) is 0 Å². The van der Waals surface area contributed by atoms with Crippen LogP contribution in [-0.4, -0.2) is 38.9 Å². The van der Waals surface area contributed by atoms with Gasteiger partial charge in [-0.1, -0.05) is 0 Å². The highest BCUT2D eigenvalue weighted by Crippen LogP contribution is 2.05. The molecule has 2 aromatic heterocycles. The molecule has 2 heterocycles. The Morgan fingerprint density at radius 3 is 3.00 bits per heavy atom. The minimum Gasteiger partial charge on any atom is -0.334 e. The van der Waals surface area contributed by atoms with Crippen molar-refractivity contribution in [1.82, 2.24) is 19.4 Å². The summed E-state index contributed by atoms with van der Waals surface area (Å²) in [6.07, 6.45) is 7.54. The Balaban J connectivity index is 1.76. The highest BCUT2D eigenvalue weighted by Gasteiger charge is 2.08. The maximum absolute atomic E-state index is 11.9. The summed E-state index contributed by atoms with van der Waals surface area (Å²) in [5.41, 5.74) is 0.728. The minimum absolute atomic E-state index is 0.00585. The van der Waals surface area contributed by atoms with Gasteiger partial charge in [0.25, 0.3) is 0 Å². The first-order valence-electron chi connectivity index (χ1n) is 7.07. The molecule has 0 atom stereocenters. The fourth-order valence-electron chi connectivity index (χ4n) is 2.05. The Bertz CT molecular complexity index is 566. The third-order valence-electron chi connectivity index (χ3n) is 3.22. The molecule has 2 rings (SSSR count). The largest absolute Gasteiger partial charge is 0.334 e. The minimum atomic E-state index is -0.00585. The van der Waals surface area contributed by atoms with Gasteiger partial charge in [-0.25, -0.2) is 4.98 Å². The lowest BCUT2D eigenvalue weighted by molar-refractivity contribution is -0.116. The highest BCUT2D eigenvalue weighted by molar-refractivity contribution is 5.90. The number of hydrogen-bond donors (Lipinski definition) is 1. The maximum atomic E-state index is 11.9. The van der Waals surface area contributed by atoms with E-state index in [1.165, 1.54) is 0 Å². The van der Waals surface area contributed by atoms with E-state index in [0.717, 1.165) is 24.6 Å². The lowest BCUT2D eigenvalue weighted by Crippen LogP contribution is -2.25. The summed E-state index contributed by atoms with van der Waals surface area (Å²) in [6, 6.07) is 3.62. The summed E-state index contributed by atoms with van der Waals surface area (Å²) in [6.45, 7) is 4.42. The van der Waals surface area contributed by atoms with Crippen molar-refractivity contribution in [3.8, 4) is 0 Å². The van der Waals surface area contributed by atoms with Crippen LogP contribution in [0, 0.1) is 0 Å². The number of nitrogens with one attached hydrogen (secondary N) is 1. The number of amides is 1. The fourth-order valence-corrected chi connectivity index (χ4v) is 2.05. The molecular formula is C15H21N5O. The number of imidazole rings is 1. The van der Waals surface area contributed by atoms with Crippen LogP contribution in [0.1, 0.15) is 19.2 Å². The highest BCUT2D eigenvalue weighted by atomic mass is 16.1. The molecular weight excluding hydrogens is 266 g/mol. The Labute approximate surface area is 124 Å². The molecule has 0 saturated carbocycles. The zero-order valence-electron chi connectivity index (χ0n) is 12.5. The molecule has 0 unspecified atom stereocenters. The van der Waals surface area contributed by atoms with Gasteiger partial charge in [0.05, 0.1) is 18.4 Å². The maximum Gasteiger partial charge on any atom is 0.225 e. The smallest absolute Gasteiger partial charge is 0.225 e. The Kier molecular flexibility index (Phi) is 5.45. The van der Waals surface area contributed by atoms with Crippen molar-refractivity contribution in [1.29, 1.82) is 0 Å². The van der Waals surface area contributed by atoms with E-state index >= 15 is 0 Å². The second-order valence-electron chi connectivity index (χ2n) is 4.91. The van der Waals surface area contributed by atoms with Gasteiger partial charge in [-0.3, -0.25) is 14.7 Å². The fraction of sp³-hybridized carbons (Fsp3) is 0.400. The molecule has 112 valence electrons. The molecule has 0 aromatic carbocycles. The average molecular weight is 287 g/mol. The first kappa shape index (κ1) is 15.2. The number of aryl methyl sites for hydroxylation is 1. The number of carbonyl (C=O) groups excluding carboxylic acids is 1. The van der Waals surface area contributed by atoms with Gasteiger partial charge >= 0.3 is 0 Å². The number of carbonyl (C=O) groups is 1. The lowest BCUT2D eigenvalue weighted by atomic mass is 10.3. The van der Waals surface area contributed by atoms with Crippen LogP contribution < -0.4 is 5.32 Å². The molecule has 1 amide bonds. The second-order valence-corrected chi connectivity index (χ2v) is 4.91. The lowest BCUT2D eigenvalue weighted by Gasteiger charge is -2.16. The monoisotopic (exact) mass is 287 g/mol. The van der Waals surface area contributed by atoms with Crippen LogP contribution in [0.5, 0.6) is 0 Å². The predicted molar refractivity (Wildman–Crippen MR) is 81.7 cm³/mol. The van der Waals surface area contributed by atoms with Gasteiger partial charge in [0.2, 0.25) is 5.91 Å². The molecule has 0 bridgehead atoms. The van der Waals surface area contributed by atoms with Crippen molar-refractivity contribution in [3.63, 3.8) is 0 Å². The first-order chi connectivity index (χ1) is 10.2. The molecule has 0 saturated heterocycles. The Hall–Kier alpha value is -2.21. The van der Waals surface area contributed by atoms with Crippen molar-refractivity contribution >= 4 is 11.6 Å². The molecule has 1 N–H and O–H groups in total. The average Bonchev–Trinajstić information content (AvgIpc) is 2.93. The Morgan fingerprint density at radius 2 is 2.29 bits per heavy atom. The third kappa shape index (κ3) is 4.68. The van der Waals surface area contributed by atoms with Gasteiger partial charge in [-0.05, 0) is 26.1 Å². The van der Waals surface area contributed by atoms with Gasteiger partial charge in [-0.2, -0.15) is 0 Å². The quantitative estimate of drug-likeness (QED) is 0.843. The zero-order chi connectivity index (χ0) is 15.1. The molecule has 6 nitrogen and oxygen atoms in total. The number of rotatable bonds is 7. The first-order valence-corrected chi connectivity index (χ1v) is 7.07. The number of anilines is 1. The van der Waals surface area contributed by atoms with Crippen molar-refractivity contribution in [2.75, 3.05) is 18.9 Å². The van der Waals surface area contributed by atoms with Gasteiger partial charge in [0.15, 0.2) is 0 Å². The van der Waals surface area contributed by atoms with Crippen LogP contribution in [0.25, 0.3) is 0 Å². The standard InChI is InChI=1S/C15H21N5O/c1-3-20-10-8-17-14(20)12-19(2)9-6-15(21)18-13-5-4-7-16-11-13/h4-5,7-8,10-11H,3,6,9,12H2,1-2H3,(H,18,21). The molecule has 0 radical (unpaired) electrons. The molecule has 0 aliphatic heterocycles. The van der Waals surface area contributed by atoms with E-state index in [1.54, 1.807) is 18.5 Å². The van der Waals surface area contributed by atoms with Crippen LogP contribution in [0.4, 0.5) is 5.69 Å². The summed E-state index contributed by atoms with van der Waals surface area (Å²) in [7, 11) is 1.99. The Morgan fingerprint density at radius 1 is 1.43 bits per heavy atom. The van der Waals surface area contributed by atoms with E-state index in [-0.39, 0.29) is 5.91 Å². The number of aromatic nitrogens is 3. The predicted octanol–water partition coefficient (Wildman–Crippen LogP) is 1.76. The van der Waals surface area contributed by atoms with Crippen LogP contribution in [0.3, 0.4) is 0 Å². The van der Waals surface area contributed by atoms with Crippen molar-refractivity contribution in [3.05, 3.63) is 42.7 Å². The summed E-state index contributed by atoms with van der Waals surface area (Å²) < 4.78 is 2.10. The van der Waals surface area contributed by atoms with Crippen LogP contribution >= 0.6 is 0 Å². The van der Waals surface area contributed by atoms with Crippen molar-refractivity contribution in [2.45, 2.75) is 26.4 Å². The topological polar surface area (TPSA) is 63.1 Å². The molecule has 21 heavy (non-hydrogen) atoms. The molecule has 0 fully saturated rings. The van der Waals surface area contributed by atoms with Crippen molar-refractivity contribution < 1.29 is 4.79 Å². The third-order valence-corrected chi connectivity index (χ3v) is 3.22. The summed E-state index contributed by atoms with van der Waals surface area (Å²) >= 11 is 0. The van der Waals surface area contributed by atoms with E-state index in [0.29, 0.717) is 13.0 Å². The van der Waals surface area contributed by atoms with E-state index < -0.39 is 0 Å². The zero-order valence-corrected chi connectivity index (χ0v) is 12.5. The molecule has 6 heteroatoms. The number of nitrogens with zero attached hydrogens (tertiary/aromatic N) is 4. The van der Waals surface area contributed by atoms with Crippen LogP contribution in [-0.2, 0) is 17.9 Å². The summed E-state index contributed by atoms with van der Waals surface area (Å²) in [4.78, 5) is 22.3. The molecule has 0 aliphatic carbocycles. The van der Waals surface area contributed by atoms with Gasteiger partial charge in [0.1, 0.15) is 5.82 Å². The number of hydrogen-bond acceptors (Lipinski definition) is 4. The van der Waals surface area contributed by atoms with Crippen LogP contribution in [0.15, 0.2) is 36.9 Å². The van der Waals surface area contributed by atoms with Gasteiger partial charge < -0.3 is 9.88 Å². The number of pyridine rings is 1. The summed E-state index contributed by atoms with van der Waals surface area (Å²) in [5, 5.41) is 2.83. The van der Waals surface area contributed by atoms with E-state index in [2.05, 4.69) is 31.7 Å². The molecule has 0 aliphatic rings.